The Hall–Kier alpha value is -0.723. The van der Waals surface area contributed by atoms with Gasteiger partial charge in [0.2, 0.25) is 0 Å². The van der Waals surface area contributed by atoms with E-state index in [1.807, 2.05) is 6.07 Å². The highest BCUT2D eigenvalue weighted by Gasteiger charge is 2.27. The lowest BCUT2D eigenvalue weighted by atomic mass is 10.2. The van der Waals surface area contributed by atoms with E-state index in [4.69, 9.17) is 8.85 Å². The van der Waals surface area contributed by atoms with Crippen LogP contribution in [-0.2, 0) is 15.4 Å². The van der Waals surface area contributed by atoms with E-state index in [2.05, 4.69) is 55.3 Å². The molecule has 0 radical (unpaired) electrons. The summed E-state index contributed by atoms with van der Waals surface area (Å²) in [5, 5.41) is 6.87. The standard InChI is InChI=1S/C15H28N2O2Si.C3H8/c1-18-20(3,19-2)13-7-10-16-11-12-17-14-15-8-5-4-6-9-15;1-3-2/h4-6,8-9,16-17H,7,10-14H2,1-3H3;3H2,1-2H3. The molecule has 0 saturated carbocycles. The summed E-state index contributed by atoms with van der Waals surface area (Å²) in [7, 11) is 1.62. The van der Waals surface area contributed by atoms with E-state index in [-0.39, 0.29) is 0 Å². The minimum Gasteiger partial charge on any atom is -0.398 e. The number of hydrogen-bond acceptors (Lipinski definition) is 4. The van der Waals surface area contributed by atoms with Crippen LogP contribution in [0.15, 0.2) is 30.3 Å². The maximum atomic E-state index is 5.46. The van der Waals surface area contributed by atoms with Crippen molar-refractivity contribution in [2.75, 3.05) is 33.9 Å². The molecule has 0 aliphatic rings. The number of nitrogens with one attached hydrogen (secondary N) is 2. The molecule has 0 amide bonds. The minimum absolute atomic E-state index is 0.931. The molecule has 1 rings (SSSR count). The van der Waals surface area contributed by atoms with Crippen LogP contribution >= 0.6 is 0 Å². The van der Waals surface area contributed by atoms with Gasteiger partial charge in [0.1, 0.15) is 0 Å². The van der Waals surface area contributed by atoms with Crippen molar-refractivity contribution in [2.24, 2.45) is 0 Å². The van der Waals surface area contributed by atoms with Crippen LogP contribution < -0.4 is 10.6 Å². The van der Waals surface area contributed by atoms with Crippen LogP contribution in [0.2, 0.25) is 12.6 Å². The van der Waals surface area contributed by atoms with Crippen molar-refractivity contribution in [3.8, 4) is 0 Å². The van der Waals surface area contributed by atoms with Crippen molar-refractivity contribution >= 4 is 8.56 Å². The molecule has 0 bridgehead atoms. The van der Waals surface area contributed by atoms with Gasteiger partial charge in [0, 0.05) is 33.9 Å². The Bertz CT molecular complexity index is 359. The minimum atomic E-state index is -1.87. The molecule has 0 atom stereocenters. The largest absolute Gasteiger partial charge is 0.398 e. The molecule has 0 spiro atoms. The predicted octanol–water partition coefficient (Wildman–Crippen LogP) is 3.54. The summed E-state index contributed by atoms with van der Waals surface area (Å²) in [5.41, 5.74) is 1.33. The lowest BCUT2D eigenvalue weighted by Crippen LogP contribution is -2.37. The average molecular weight is 341 g/mol. The Morgan fingerprint density at radius 1 is 0.913 bits per heavy atom. The van der Waals surface area contributed by atoms with Crippen LogP contribution in [0.1, 0.15) is 32.3 Å². The lowest BCUT2D eigenvalue weighted by Gasteiger charge is -2.22. The second-order valence-electron chi connectivity index (χ2n) is 5.77. The third-order valence-corrected chi connectivity index (χ3v) is 6.49. The Kier molecular flexibility index (Phi) is 14.4. The number of benzene rings is 1. The van der Waals surface area contributed by atoms with Gasteiger partial charge in [-0.05, 0) is 31.1 Å². The maximum absolute atomic E-state index is 5.46. The Balaban J connectivity index is 0.00000149. The first-order valence-corrected chi connectivity index (χ1v) is 11.2. The molecule has 0 saturated heterocycles. The summed E-state index contributed by atoms with van der Waals surface area (Å²) in [6, 6.07) is 11.5. The zero-order chi connectivity index (χ0) is 17.4. The van der Waals surface area contributed by atoms with Crippen molar-refractivity contribution < 1.29 is 8.85 Å². The van der Waals surface area contributed by atoms with E-state index in [1.54, 1.807) is 14.2 Å². The highest BCUT2D eigenvalue weighted by molar-refractivity contribution is 6.65. The molecule has 1 aromatic carbocycles. The molecule has 23 heavy (non-hydrogen) atoms. The van der Waals surface area contributed by atoms with Crippen LogP contribution in [0.5, 0.6) is 0 Å². The highest BCUT2D eigenvalue weighted by Crippen LogP contribution is 2.12. The first kappa shape index (κ1) is 22.3. The molecule has 0 aliphatic heterocycles. The van der Waals surface area contributed by atoms with Gasteiger partial charge in [-0.1, -0.05) is 50.6 Å². The highest BCUT2D eigenvalue weighted by atomic mass is 28.4. The summed E-state index contributed by atoms with van der Waals surface area (Å²) in [6.07, 6.45) is 2.35. The Morgan fingerprint density at radius 3 is 2.04 bits per heavy atom. The van der Waals surface area contributed by atoms with Crippen molar-refractivity contribution in [1.82, 2.24) is 10.6 Å². The van der Waals surface area contributed by atoms with Gasteiger partial charge in [0.15, 0.2) is 0 Å². The summed E-state index contributed by atoms with van der Waals surface area (Å²) in [4.78, 5) is 0. The molecule has 0 aromatic heterocycles. The number of hydrogen-bond donors (Lipinski definition) is 2. The third-order valence-electron chi connectivity index (χ3n) is 3.50. The summed E-state index contributed by atoms with van der Waals surface area (Å²) in [6.45, 7) is 10.3. The molecule has 1 aromatic rings. The molecule has 5 heteroatoms. The van der Waals surface area contributed by atoms with Crippen molar-refractivity contribution in [2.45, 2.75) is 45.8 Å². The molecule has 0 unspecified atom stereocenters. The normalized spacial score (nSPS) is 11.0. The quantitative estimate of drug-likeness (QED) is 0.478. The fourth-order valence-corrected chi connectivity index (χ4v) is 3.35. The molecule has 0 heterocycles. The van der Waals surface area contributed by atoms with Crippen molar-refractivity contribution in [3.63, 3.8) is 0 Å². The zero-order valence-electron chi connectivity index (χ0n) is 15.7. The van der Waals surface area contributed by atoms with Gasteiger partial charge in [0.05, 0.1) is 0 Å². The van der Waals surface area contributed by atoms with Crippen LogP contribution in [0.25, 0.3) is 0 Å². The van der Waals surface area contributed by atoms with Gasteiger partial charge < -0.3 is 19.5 Å². The SMILES string of the molecule is CCC.CO[Si](C)(CCCNCCNCc1ccccc1)OC. The Morgan fingerprint density at radius 2 is 1.48 bits per heavy atom. The van der Waals surface area contributed by atoms with E-state index in [1.165, 1.54) is 12.0 Å². The second kappa shape index (κ2) is 14.8. The monoisotopic (exact) mass is 340 g/mol. The lowest BCUT2D eigenvalue weighted by molar-refractivity contribution is 0.248. The topological polar surface area (TPSA) is 42.5 Å². The predicted molar refractivity (Wildman–Crippen MR) is 102 cm³/mol. The third kappa shape index (κ3) is 12.4. The molecule has 0 aliphatic carbocycles. The average Bonchev–Trinajstić information content (AvgIpc) is 2.58. The van der Waals surface area contributed by atoms with E-state index >= 15 is 0 Å². The molecular weight excluding hydrogens is 304 g/mol. The molecule has 2 N–H and O–H groups in total. The van der Waals surface area contributed by atoms with E-state index in [0.717, 1.165) is 38.6 Å². The van der Waals surface area contributed by atoms with Crippen LogP contribution in [0.4, 0.5) is 0 Å². The van der Waals surface area contributed by atoms with E-state index in [0.29, 0.717) is 0 Å². The van der Waals surface area contributed by atoms with Gasteiger partial charge in [-0.15, -0.1) is 0 Å². The molecule has 134 valence electrons. The van der Waals surface area contributed by atoms with E-state index < -0.39 is 8.56 Å². The summed E-state index contributed by atoms with van der Waals surface area (Å²) >= 11 is 0. The zero-order valence-corrected chi connectivity index (χ0v) is 16.7. The van der Waals surface area contributed by atoms with Crippen LogP contribution in [-0.4, -0.2) is 42.4 Å². The smallest absolute Gasteiger partial charge is 0.334 e. The van der Waals surface area contributed by atoms with Crippen LogP contribution in [0, 0.1) is 0 Å². The van der Waals surface area contributed by atoms with Crippen molar-refractivity contribution in [1.29, 1.82) is 0 Å². The van der Waals surface area contributed by atoms with E-state index in [9.17, 15) is 0 Å². The van der Waals surface area contributed by atoms with Crippen LogP contribution in [0.3, 0.4) is 0 Å². The van der Waals surface area contributed by atoms with Gasteiger partial charge in [-0.3, -0.25) is 0 Å². The summed E-state index contributed by atoms with van der Waals surface area (Å²) in [5.74, 6) is 0. The van der Waals surface area contributed by atoms with Gasteiger partial charge in [-0.25, -0.2) is 0 Å². The first-order valence-electron chi connectivity index (χ1n) is 8.67. The molecular formula is C18H36N2O2Si. The van der Waals surface area contributed by atoms with Gasteiger partial charge >= 0.3 is 8.56 Å². The van der Waals surface area contributed by atoms with Crippen molar-refractivity contribution in [3.05, 3.63) is 35.9 Å². The number of rotatable bonds is 11. The fourth-order valence-electron chi connectivity index (χ4n) is 1.95. The van der Waals surface area contributed by atoms with Gasteiger partial charge in [0.25, 0.3) is 0 Å². The Labute approximate surface area is 144 Å². The fraction of sp³-hybridized carbons (Fsp3) is 0.667. The second-order valence-corrected chi connectivity index (χ2v) is 9.35. The first-order chi connectivity index (χ1) is 11.1. The van der Waals surface area contributed by atoms with Gasteiger partial charge in [-0.2, -0.15) is 0 Å². The molecule has 0 fully saturated rings. The maximum Gasteiger partial charge on any atom is 0.334 e. The summed E-state index contributed by atoms with van der Waals surface area (Å²) < 4.78 is 10.9. The molecule has 4 nitrogen and oxygen atoms in total.